The maximum atomic E-state index is 6.57. The van der Waals surface area contributed by atoms with Crippen molar-refractivity contribution >= 4 is 46.0 Å². The van der Waals surface area contributed by atoms with Gasteiger partial charge in [-0.05, 0) is 49.2 Å². The number of hydrogen-bond acceptors (Lipinski definition) is 3. The van der Waals surface area contributed by atoms with Crippen LogP contribution in [0, 0.1) is 13.8 Å². The van der Waals surface area contributed by atoms with Crippen molar-refractivity contribution in [2.75, 3.05) is 0 Å². The van der Waals surface area contributed by atoms with E-state index in [9.17, 15) is 0 Å². The molecule has 5 aromatic rings. The van der Waals surface area contributed by atoms with E-state index in [-0.39, 0.29) is 0 Å². The van der Waals surface area contributed by atoms with Crippen molar-refractivity contribution in [1.82, 2.24) is 4.98 Å². The highest BCUT2D eigenvalue weighted by Gasteiger charge is 2.16. The van der Waals surface area contributed by atoms with Crippen molar-refractivity contribution in [3.05, 3.63) is 159 Å². The maximum absolute atomic E-state index is 6.57. The quantitative estimate of drug-likeness (QED) is 0.200. The van der Waals surface area contributed by atoms with Gasteiger partial charge in [0.15, 0.2) is 0 Å². The molecule has 0 radical (unpaired) electrons. The third-order valence-corrected chi connectivity index (χ3v) is 6.76. The molecule has 38 heavy (non-hydrogen) atoms. The van der Waals surface area contributed by atoms with Gasteiger partial charge in [-0.2, -0.15) is 0 Å². The fourth-order valence-corrected chi connectivity index (χ4v) is 4.71. The minimum absolute atomic E-state index is 0.593. The van der Waals surface area contributed by atoms with Crippen molar-refractivity contribution in [1.29, 1.82) is 0 Å². The normalized spacial score (nSPS) is 12.0. The molecule has 0 unspecified atom stereocenters. The predicted molar refractivity (Wildman–Crippen MR) is 160 cm³/mol. The van der Waals surface area contributed by atoms with Gasteiger partial charge in [-0.1, -0.05) is 114 Å². The van der Waals surface area contributed by atoms with Crippen LogP contribution in [0.15, 0.2) is 125 Å². The Kier molecular flexibility index (Phi) is 7.78. The van der Waals surface area contributed by atoms with Crippen molar-refractivity contribution in [3.8, 4) is 0 Å². The lowest BCUT2D eigenvalue weighted by Crippen LogP contribution is -2.12. The molecule has 0 fully saturated rings. The molecule has 3 nitrogen and oxygen atoms in total. The zero-order valence-corrected chi connectivity index (χ0v) is 22.6. The average molecular weight is 534 g/mol. The molecule has 4 aromatic carbocycles. The summed E-state index contributed by atoms with van der Waals surface area (Å²) in [5.41, 5.74) is 8.20. The largest absolute Gasteiger partial charge is 0.244 e. The van der Waals surface area contributed by atoms with E-state index >= 15 is 0 Å². The van der Waals surface area contributed by atoms with Gasteiger partial charge in [0, 0.05) is 11.1 Å². The van der Waals surface area contributed by atoms with Gasteiger partial charge in [0.05, 0.1) is 44.2 Å². The summed E-state index contributed by atoms with van der Waals surface area (Å²) >= 11 is 13.1. The molecule has 0 N–H and O–H groups in total. The van der Waals surface area contributed by atoms with Gasteiger partial charge in [0.2, 0.25) is 0 Å². The minimum atomic E-state index is 0.593. The number of halogens is 2. The second kappa shape index (κ2) is 11.6. The number of nitrogens with zero attached hydrogens (tertiary/aromatic N) is 3. The molecule has 0 spiro atoms. The van der Waals surface area contributed by atoms with E-state index in [4.69, 9.17) is 38.2 Å². The lowest BCUT2D eigenvalue weighted by Gasteiger charge is -2.13. The van der Waals surface area contributed by atoms with Gasteiger partial charge in [-0.15, -0.1) is 0 Å². The van der Waals surface area contributed by atoms with Crippen LogP contribution in [-0.2, 0) is 0 Å². The molecule has 5 heteroatoms. The zero-order chi connectivity index (χ0) is 26.5. The highest BCUT2D eigenvalue weighted by molar-refractivity contribution is 6.34. The smallest absolute Gasteiger partial charge is 0.0966 e. The first-order chi connectivity index (χ1) is 18.5. The Hall–Kier alpha value is -4.05. The van der Waals surface area contributed by atoms with E-state index in [2.05, 4.69) is 0 Å². The van der Waals surface area contributed by atoms with Gasteiger partial charge < -0.3 is 0 Å². The van der Waals surface area contributed by atoms with Crippen LogP contribution in [0.5, 0.6) is 0 Å². The molecular formula is C33H25Cl2N3. The first-order valence-electron chi connectivity index (χ1n) is 12.3. The predicted octanol–water partition coefficient (Wildman–Crippen LogP) is 9.34. The summed E-state index contributed by atoms with van der Waals surface area (Å²) in [4.78, 5) is 15.2. The van der Waals surface area contributed by atoms with Crippen LogP contribution in [0.4, 0.5) is 11.4 Å². The molecule has 0 aliphatic carbocycles. The van der Waals surface area contributed by atoms with Crippen LogP contribution in [-0.4, -0.2) is 16.4 Å². The Morgan fingerprint density at radius 2 is 0.895 bits per heavy atom. The topological polar surface area (TPSA) is 37.6 Å². The molecular weight excluding hydrogens is 509 g/mol. The standard InChI is InChI=1S/C33H25Cl2N3/c1-22-12-9-18-26(34)30(22)37-32(24-14-5-3-6-15-24)28-20-11-21-29(36-28)33(25-16-7-4-8-17-25)38-31-23(2)13-10-19-27(31)35/h3-21H,1-2H3/b37-32+,38-33+. The van der Waals surface area contributed by atoms with Gasteiger partial charge in [0.1, 0.15) is 0 Å². The zero-order valence-electron chi connectivity index (χ0n) is 21.1. The molecule has 1 heterocycles. The summed E-state index contributed by atoms with van der Waals surface area (Å²) in [6.07, 6.45) is 0. The first kappa shape index (κ1) is 25.6. The van der Waals surface area contributed by atoms with Crippen LogP contribution in [0.25, 0.3) is 0 Å². The number of benzene rings is 4. The maximum Gasteiger partial charge on any atom is 0.0966 e. The summed E-state index contributed by atoms with van der Waals surface area (Å²) in [6, 6.07) is 37.5. The van der Waals surface area contributed by atoms with E-state index in [1.165, 1.54) is 0 Å². The van der Waals surface area contributed by atoms with Crippen LogP contribution in [0.3, 0.4) is 0 Å². The second-order valence-corrected chi connectivity index (χ2v) is 9.69. The van der Waals surface area contributed by atoms with E-state index in [1.54, 1.807) is 0 Å². The highest BCUT2D eigenvalue weighted by Crippen LogP contribution is 2.31. The van der Waals surface area contributed by atoms with E-state index in [0.717, 1.165) is 45.1 Å². The second-order valence-electron chi connectivity index (χ2n) is 8.87. The third-order valence-electron chi connectivity index (χ3n) is 6.15. The number of hydrogen-bond donors (Lipinski definition) is 0. The molecule has 0 aliphatic heterocycles. The monoisotopic (exact) mass is 533 g/mol. The van der Waals surface area contributed by atoms with Gasteiger partial charge in [-0.25, -0.2) is 15.0 Å². The Bertz CT molecular complexity index is 1480. The summed E-state index contributed by atoms with van der Waals surface area (Å²) in [7, 11) is 0. The summed E-state index contributed by atoms with van der Waals surface area (Å²) in [5.74, 6) is 0. The Balaban J connectivity index is 1.72. The van der Waals surface area contributed by atoms with E-state index < -0.39 is 0 Å². The number of aryl methyl sites for hydroxylation is 2. The molecule has 0 saturated heterocycles. The van der Waals surface area contributed by atoms with Crippen molar-refractivity contribution in [2.45, 2.75) is 13.8 Å². The average Bonchev–Trinajstić information content (AvgIpc) is 2.94. The molecule has 186 valence electrons. The third kappa shape index (κ3) is 5.60. The number of aliphatic imine (C=N–C) groups is 2. The number of aromatic nitrogens is 1. The molecule has 0 aliphatic rings. The summed E-state index contributed by atoms with van der Waals surface area (Å²) < 4.78 is 0. The lowest BCUT2D eigenvalue weighted by atomic mass is 10.0. The van der Waals surface area contributed by atoms with Gasteiger partial charge in [0.25, 0.3) is 0 Å². The Morgan fingerprint density at radius 1 is 0.500 bits per heavy atom. The molecule has 1 aromatic heterocycles. The van der Waals surface area contributed by atoms with Crippen LogP contribution >= 0.6 is 23.2 Å². The van der Waals surface area contributed by atoms with Crippen LogP contribution in [0.1, 0.15) is 33.6 Å². The molecule has 0 amide bonds. The Morgan fingerprint density at radius 3 is 1.29 bits per heavy atom. The van der Waals surface area contributed by atoms with E-state index in [0.29, 0.717) is 21.4 Å². The fourth-order valence-electron chi connectivity index (χ4n) is 4.18. The summed E-state index contributed by atoms with van der Waals surface area (Å²) in [6.45, 7) is 4.01. The number of para-hydroxylation sites is 2. The molecule has 5 rings (SSSR count). The first-order valence-corrected chi connectivity index (χ1v) is 13.0. The van der Waals surface area contributed by atoms with Crippen molar-refractivity contribution in [2.24, 2.45) is 9.98 Å². The lowest BCUT2D eigenvalue weighted by molar-refractivity contribution is 1.24. The van der Waals surface area contributed by atoms with E-state index in [1.807, 2.05) is 129 Å². The fraction of sp³-hybridized carbons (Fsp3) is 0.0606. The minimum Gasteiger partial charge on any atom is -0.244 e. The number of pyridine rings is 1. The SMILES string of the molecule is Cc1cccc(Cl)c1/N=C(\c1ccccc1)c1cccc(/C(=N/c2c(C)cccc2Cl)c2ccccc2)n1. The summed E-state index contributed by atoms with van der Waals surface area (Å²) in [5, 5.41) is 1.19. The van der Waals surface area contributed by atoms with Crippen molar-refractivity contribution in [3.63, 3.8) is 0 Å². The highest BCUT2D eigenvalue weighted by atomic mass is 35.5. The van der Waals surface area contributed by atoms with Crippen molar-refractivity contribution < 1.29 is 0 Å². The van der Waals surface area contributed by atoms with Gasteiger partial charge >= 0.3 is 0 Å². The van der Waals surface area contributed by atoms with Gasteiger partial charge in [-0.3, -0.25) is 0 Å². The molecule has 0 bridgehead atoms. The Labute approximate surface area is 233 Å². The molecule has 0 saturated carbocycles. The molecule has 0 atom stereocenters. The van der Waals surface area contributed by atoms with Crippen LogP contribution in [0.2, 0.25) is 10.0 Å². The van der Waals surface area contributed by atoms with Crippen LogP contribution < -0.4 is 0 Å². The number of rotatable bonds is 6.